The summed E-state index contributed by atoms with van der Waals surface area (Å²) in [7, 11) is 2.02. The van der Waals surface area contributed by atoms with E-state index in [1.165, 1.54) is 5.69 Å². The maximum atomic E-state index is 12.4. The lowest BCUT2D eigenvalue weighted by molar-refractivity contribution is 0.205. The van der Waals surface area contributed by atoms with Crippen LogP contribution in [0, 0.1) is 0 Å². The van der Waals surface area contributed by atoms with Crippen LogP contribution in [0.5, 0.6) is 0 Å². The minimum atomic E-state index is -0.0540. The monoisotopic (exact) mass is 270 g/mol. The SMILES string of the molecule is Cn1cccc1C1CCCN1C(=O)Nc1cccnc1. The van der Waals surface area contributed by atoms with Gasteiger partial charge >= 0.3 is 6.03 Å². The molecule has 2 aromatic heterocycles. The molecule has 1 N–H and O–H groups in total. The van der Waals surface area contributed by atoms with Crippen molar-refractivity contribution in [3.63, 3.8) is 0 Å². The molecule has 5 nitrogen and oxygen atoms in total. The van der Waals surface area contributed by atoms with E-state index < -0.39 is 0 Å². The van der Waals surface area contributed by atoms with Crippen LogP contribution < -0.4 is 5.32 Å². The highest BCUT2D eigenvalue weighted by Gasteiger charge is 2.31. The summed E-state index contributed by atoms with van der Waals surface area (Å²) in [5.41, 5.74) is 1.92. The predicted octanol–water partition coefficient (Wildman–Crippen LogP) is 2.79. The number of carbonyl (C=O) groups is 1. The number of nitrogens with one attached hydrogen (secondary N) is 1. The number of hydrogen-bond acceptors (Lipinski definition) is 2. The van der Waals surface area contributed by atoms with Gasteiger partial charge in [-0.25, -0.2) is 4.79 Å². The fourth-order valence-electron chi connectivity index (χ4n) is 2.77. The van der Waals surface area contributed by atoms with Crippen molar-refractivity contribution >= 4 is 11.7 Å². The quantitative estimate of drug-likeness (QED) is 0.912. The molecular weight excluding hydrogens is 252 g/mol. The van der Waals surface area contributed by atoms with Crippen molar-refractivity contribution in [3.8, 4) is 0 Å². The lowest BCUT2D eigenvalue weighted by atomic mass is 10.1. The minimum Gasteiger partial charge on any atom is -0.353 e. The van der Waals surface area contributed by atoms with Crippen molar-refractivity contribution in [3.05, 3.63) is 48.5 Å². The van der Waals surface area contributed by atoms with Crippen LogP contribution in [0.3, 0.4) is 0 Å². The molecule has 3 rings (SSSR count). The summed E-state index contributed by atoms with van der Waals surface area (Å²) in [6.45, 7) is 0.794. The summed E-state index contributed by atoms with van der Waals surface area (Å²) in [5, 5.41) is 2.91. The van der Waals surface area contributed by atoms with E-state index in [-0.39, 0.29) is 12.1 Å². The Hall–Kier alpha value is -2.30. The van der Waals surface area contributed by atoms with Crippen molar-refractivity contribution in [2.45, 2.75) is 18.9 Å². The smallest absolute Gasteiger partial charge is 0.322 e. The first-order valence-corrected chi connectivity index (χ1v) is 6.84. The molecule has 0 radical (unpaired) electrons. The highest BCUT2D eigenvalue weighted by Crippen LogP contribution is 2.32. The van der Waals surface area contributed by atoms with Gasteiger partial charge < -0.3 is 14.8 Å². The van der Waals surface area contributed by atoms with Gasteiger partial charge in [0.25, 0.3) is 0 Å². The van der Waals surface area contributed by atoms with Crippen molar-refractivity contribution < 1.29 is 4.79 Å². The molecule has 1 aliphatic heterocycles. The molecule has 5 heteroatoms. The van der Waals surface area contributed by atoms with Crippen LogP contribution in [0.25, 0.3) is 0 Å². The number of amides is 2. The average molecular weight is 270 g/mol. The van der Waals surface area contributed by atoms with Gasteiger partial charge in [-0.1, -0.05) is 0 Å². The normalized spacial score (nSPS) is 18.2. The molecule has 0 spiro atoms. The zero-order valence-corrected chi connectivity index (χ0v) is 11.5. The highest BCUT2D eigenvalue weighted by molar-refractivity contribution is 5.89. The van der Waals surface area contributed by atoms with Crippen LogP contribution in [-0.4, -0.2) is 27.0 Å². The first-order chi connectivity index (χ1) is 9.75. The Balaban J connectivity index is 1.76. The first-order valence-electron chi connectivity index (χ1n) is 6.84. The van der Waals surface area contributed by atoms with Crippen molar-refractivity contribution in [1.29, 1.82) is 0 Å². The summed E-state index contributed by atoms with van der Waals surface area (Å²) in [4.78, 5) is 18.3. The Morgan fingerprint density at radius 1 is 1.40 bits per heavy atom. The molecule has 1 fully saturated rings. The molecule has 0 bridgehead atoms. The maximum Gasteiger partial charge on any atom is 0.322 e. The maximum absolute atomic E-state index is 12.4. The summed E-state index contributed by atoms with van der Waals surface area (Å²) in [5.74, 6) is 0. The molecule has 2 amide bonds. The average Bonchev–Trinajstić information content (AvgIpc) is 3.07. The molecule has 0 saturated carbocycles. The zero-order chi connectivity index (χ0) is 13.9. The Kier molecular flexibility index (Phi) is 3.41. The third-order valence-corrected chi connectivity index (χ3v) is 3.75. The summed E-state index contributed by atoms with van der Waals surface area (Å²) in [6.07, 6.45) is 7.42. The summed E-state index contributed by atoms with van der Waals surface area (Å²) >= 11 is 0. The zero-order valence-electron chi connectivity index (χ0n) is 11.5. The van der Waals surface area contributed by atoms with Gasteiger partial charge in [0.2, 0.25) is 0 Å². The number of rotatable bonds is 2. The topological polar surface area (TPSA) is 50.2 Å². The Bertz CT molecular complexity index is 593. The molecule has 3 heterocycles. The van der Waals surface area contributed by atoms with Crippen molar-refractivity contribution in [2.75, 3.05) is 11.9 Å². The van der Waals surface area contributed by atoms with E-state index >= 15 is 0 Å². The molecule has 20 heavy (non-hydrogen) atoms. The van der Waals surface area contributed by atoms with Crippen molar-refractivity contribution in [1.82, 2.24) is 14.5 Å². The lowest BCUT2D eigenvalue weighted by Crippen LogP contribution is -2.35. The first kappa shape index (κ1) is 12.7. The van der Waals surface area contributed by atoms with Crippen LogP contribution in [0.4, 0.5) is 10.5 Å². The molecule has 0 aliphatic carbocycles. The number of hydrogen-bond donors (Lipinski definition) is 1. The number of aryl methyl sites for hydroxylation is 1. The third kappa shape index (κ3) is 2.39. The summed E-state index contributed by atoms with van der Waals surface area (Å²) in [6, 6.07) is 7.87. The van der Waals surface area contributed by atoms with Gasteiger partial charge in [0, 0.05) is 31.7 Å². The van der Waals surface area contributed by atoms with E-state index in [2.05, 4.69) is 20.9 Å². The van der Waals surface area contributed by atoms with Crippen LogP contribution in [0.15, 0.2) is 42.9 Å². The fraction of sp³-hybridized carbons (Fsp3) is 0.333. The van der Waals surface area contributed by atoms with E-state index in [1.807, 2.05) is 36.3 Å². The Morgan fingerprint density at radius 2 is 2.30 bits per heavy atom. The lowest BCUT2D eigenvalue weighted by Gasteiger charge is -2.25. The molecule has 1 aliphatic rings. The number of pyridine rings is 1. The second-order valence-corrected chi connectivity index (χ2v) is 5.07. The van der Waals surface area contributed by atoms with E-state index in [0.717, 1.165) is 25.1 Å². The van der Waals surface area contributed by atoms with Gasteiger partial charge in [0.15, 0.2) is 0 Å². The number of likely N-dealkylation sites (tertiary alicyclic amines) is 1. The van der Waals surface area contributed by atoms with Crippen LogP contribution in [-0.2, 0) is 7.05 Å². The number of nitrogens with zero attached hydrogens (tertiary/aromatic N) is 3. The Labute approximate surface area is 118 Å². The third-order valence-electron chi connectivity index (χ3n) is 3.75. The second-order valence-electron chi connectivity index (χ2n) is 5.07. The van der Waals surface area contributed by atoms with E-state index in [4.69, 9.17) is 0 Å². The van der Waals surface area contributed by atoms with Gasteiger partial charge in [-0.05, 0) is 37.1 Å². The molecule has 1 unspecified atom stereocenters. The molecular formula is C15H18N4O. The number of aromatic nitrogens is 2. The van der Waals surface area contributed by atoms with E-state index in [1.54, 1.807) is 12.4 Å². The predicted molar refractivity (Wildman–Crippen MR) is 77.3 cm³/mol. The number of anilines is 1. The van der Waals surface area contributed by atoms with E-state index in [9.17, 15) is 4.79 Å². The Morgan fingerprint density at radius 3 is 3.00 bits per heavy atom. The van der Waals surface area contributed by atoms with E-state index in [0.29, 0.717) is 0 Å². The molecule has 0 aromatic carbocycles. The largest absolute Gasteiger partial charge is 0.353 e. The molecule has 2 aromatic rings. The number of carbonyl (C=O) groups excluding carboxylic acids is 1. The van der Waals surface area contributed by atoms with Crippen LogP contribution in [0.2, 0.25) is 0 Å². The standard InChI is InChI=1S/C15H18N4O/c1-18-9-3-6-13(18)14-7-4-10-19(14)15(20)17-12-5-2-8-16-11-12/h2-3,5-6,8-9,11,14H,4,7,10H2,1H3,(H,17,20). The second kappa shape index (κ2) is 5.36. The van der Waals surface area contributed by atoms with Crippen LogP contribution >= 0.6 is 0 Å². The number of urea groups is 1. The highest BCUT2D eigenvalue weighted by atomic mass is 16.2. The summed E-state index contributed by atoms with van der Waals surface area (Å²) < 4.78 is 2.08. The van der Waals surface area contributed by atoms with Gasteiger partial charge in [-0.15, -0.1) is 0 Å². The van der Waals surface area contributed by atoms with Gasteiger partial charge in [0.1, 0.15) is 0 Å². The van der Waals surface area contributed by atoms with Crippen molar-refractivity contribution in [2.24, 2.45) is 7.05 Å². The minimum absolute atomic E-state index is 0.0540. The molecule has 104 valence electrons. The molecule has 1 atom stereocenters. The van der Waals surface area contributed by atoms with Gasteiger partial charge in [-0.3, -0.25) is 4.98 Å². The van der Waals surface area contributed by atoms with Crippen LogP contribution in [0.1, 0.15) is 24.6 Å². The van der Waals surface area contributed by atoms with Gasteiger partial charge in [-0.2, -0.15) is 0 Å². The molecule has 1 saturated heterocycles. The van der Waals surface area contributed by atoms with Gasteiger partial charge in [0.05, 0.1) is 17.9 Å². The fourth-order valence-corrected chi connectivity index (χ4v) is 2.77.